The summed E-state index contributed by atoms with van der Waals surface area (Å²) in [5.41, 5.74) is 5.63. The van der Waals surface area contributed by atoms with Crippen LogP contribution in [0.1, 0.15) is 11.3 Å². The first-order valence-electron chi connectivity index (χ1n) is 9.38. The van der Waals surface area contributed by atoms with Crippen LogP contribution in [0.2, 0.25) is 0 Å². The molecule has 1 N–H and O–H groups in total. The van der Waals surface area contributed by atoms with Gasteiger partial charge in [-0.1, -0.05) is 29.8 Å². The minimum atomic E-state index is -0.165. The minimum Gasteiger partial charge on any atom is -0.497 e. The third kappa shape index (κ3) is 3.82. The summed E-state index contributed by atoms with van der Waals surface area (Å²) < 4.78 is 6.80. The highest BCUT2D eigenvalue weighted by Crippen LogP contribution is 2.30. The number of amides is 1. The number of carbonyl (C=O) groups is 1. The number of pyridine rings is 1. The van der Waals surface area contributed by atoms with Crippen LogP contribution in [-0.4, -0.2) is 27.8 Å². The lowest BCUT2D eigenvalue weighted by Crippen LogP contribution is -2.19. The molecule has 0 atom stereocenters. The number of benzene rings is 2. The van der Waals surface area contributed by atoms with Gasteiger partial charge < -0.3 is 10.1 Å². The molecule has 0 saturated carbocycles. The number of rotatable bonds is 5. The summed E-state index contributed by atoms with van der Waals surface area (Å²) >= 11 is 0. The second-order valence-electron chi connectivity index (χ2n) is 6.95. The van der Waals surface area contributed by atoms with Crippen molar-refractivity contribution in [3.8, 4) is 16.9 Å². The second kappa shape index (κ2) is 7.75. The van der Waals surface area contributed by atoms with E-state index < -0.39 is 0 Å². The predicted octanol–water partition coefficient (Wildman–Crippen LogP) is 4.36. The highest BCUT2D eigenvalue weighted by Gasteiger charge is 2.16. The average molecular weight is 386 g/mol. The zero-order chi connectivity index (χ0) is 20.4. The number of carbonyl (C=O) groups excluding carboxylic acids is 1. The Bertz CT molecular complexity index is 1180. The molecule has 0 aliphatic carbocycles. The van der Waals surface area contributed by atoms with Gasteiger partial charge in [-0.3, -0.25) is 4.79 Å². The van der Waals surface area contributed by atoms with E-state index in [1.807, 2.05) is 19.1 Å². The summed E-state index contributed by atoms with van der Waals surface area (Å²) in [4.78, 5) is 17.1. The number of nitrogens with one attached hydrogen (secondary N) is 1. The van der Waals surface area contributed by atoms with Crippen molar-refractivity contribution in [3.05, 3.63) is 72.1 Å². The van der Waals surface area contributed by atoms with Crippen molar-refractivity contribution in [1.82, 2.24) is 14.8 Å². The van der Waals surface area contributed by atoms with Gasteiger partial charge in [0.15, 0.2) is 5.65 Å². The van der Waals surface area contributed by atoms with Crippen molar-refractivity contribution >= 4 is 22.6 Å². The van der Waals surface area contributed by atoms with E-state index in [9.17, 15) is 4.79 Å². The molecule has 0 aliphatic rings. The summed E-state index contributed by atoms with van der Waals surface area (Å²) in [6.07, 6.45) is 1.76. The number of ether oxygens (including phenoxy) is 1. The smallest absolute Gasteiger partial charge is 0.246 e. The number of hydrogen-bond donors (Lipinski definition) is 1. The van der Waals surface area contributed by atoms with Gasteiger partial charge in [0.05, 0.1) is 12.8 Å². The SMILES string of the molecule is COc1ccc(NC(=O)Cn2nc(C)c3c(-c4cccc(C)c4)ccnc32)cc1. The normalized spacial score (nSPS) is 10.9. The molecule has 2 aromatic carbocycles. The first-order valence-corrected chi connectivity index (χ1v) is 9.38. The van der Waals surface area contributed by atoms with Crippen molar-refractivity contribution in [1.29, 1.82) is 0 Å². The zero-order valence-corrected chi connectivity index (χ0v) is 16.6. The topological polar surface area (TPSA) is 69.0 Å². The first-order chi connectivity index (χ1) is 14.0. The first kappa shape index (κ1) is 18.7. The highest BCUT2D eigenvalue weighted by molar-refractivity contribution is 5.96. The van der Waals surface area contributed by atoms with Crippen molar-refractivity contribution in [3.63, 3.8) is 0 Å². The van der Waals surface area contributed by atoms with Crippen molar-refractivity contribution < 1.29 is 9.53 Å². The average Bonchev–Trinajstić information content (AvgIpc) is 3.04. The Hall–Kier alpha value is -3.67. The number of aromatic nitrogens is 3. The Morgan fingerprint density at radius 1 is 1.10 bits per heavy atom. The van der Waals surface area contributed by atoms with Gasteiger partial charge >= 0.3 is 0 Å². The quantitative estimate of drug-likeness (QED) is 0.553. The van der Waals surface area contributed by atoms with E-state index in [-0.39, 0.29) is 12.5 Å². The molecule has 0 radical (unpaired) electrons. The van der Waals surface area contributed by atoms with Gasteiger partial charge in [0.25, 0.3) is 0 Å². The number of anilines is 1. The summed E-state index contributed by atoms with van der Waals surface area (Å²) in [6, 6.07) is 17.5. The molecule has 0 fully saturated rings. The fourth-order valence-electron chi connectivity index (χ4n) is 3.46. The van der Waals surface area contributed by atoms with Gasteiger partial charge in [-0.15, -0.1) is 0 Å². The summed E-state index contributed by atoms with van der Waals surface area (Å²) in [6.45, 7) is 4.10. The molecule has 0 unspecified atom stereocenters. The lowest BCUT2D eigenvalue weighted by molar-refractivity contribution is -0.116. The number of hydrogen-bond acceptors (Lipinski definition) is 4. The molecule has 4 rings (SSSR count). The number of nitrogens with zero attached hydrogens (tertiary/aromatic N) is 3. The Morgan fingerprint density at radius 2 is 1.90 bits per heavy atom. The molecule has 4 aromatic rings. The predicted molar refractivity (Wildman–Crippen MR) is 114 cm³/mol. The highest BCUT2D eigenvalue weighted by atomic mass is 16.5. The molecule has 6 nitrogen and oxygen atoms in total. The maximum atomic E-state index is 12.6. The van der Waals surface area contributed by atoms with Crippen LogP contribution in [0.25, 0.3) is 22.2 Å². The van der Waals surface area contributed by atoms with E-state index in [1.165, 1.54) is 5.56 Å². The van der Waals surface area contributed by atoms with Crippen LogP contribution in [0.4, 0.5) is 5.69 Å². The Kier molecular flexibility index (Phi) is 4.99. The second-order valence-corrected chi connectivity index (χ2v) is 6.95. The van der Waals surface area contributed by atoms with Gasteiger partial charge in [0, 0.05) is 17.3 Å². The van der Waals surface area contributed by atoms with Crippen molar-refractivity contribution in [2.24, 2.45) is 0 Å². The van der Waals surface area contributed by atoms with Crippen molar-refractivity contribution in [2.45, 2.75) is 20.4 Å². The van der Waals surface area contributed by atoms with Crippen LogP contribution in [0, 0.1) is 13.8 Å². The van der Waals surface area contributed by atoms with Gasteiger partial charge in [0.2, 0.25) is 5.91 Å². The standard InChI is InChI=1S/C23H22N4O2/c1-15-5-4-6-17(13-15)20-11-12-24-23-22(20)16(2)26-27(23)14-21(28)25-18-7-9-19(29-3)10-8-18/h4-13H,14H2,1-3H3,(H,25,28). The molecule has 0 bridgehead atoms. The number of methoxy groups -OCH3 is 1. The minimum absolute atomic E-state index is 0.0840. The van der Waals surface area contributed by atoms with Gasteiger partial charge in [-0.05, 0) is 55.3 Å². The van der Waals surface area contributed by atoms with Crippen LogP contribution >= 0.6 is 0 Å². The fourth-order valence-corrected chi connectivity index (χ4v) is 3.46. The summed E-state index contributed by atoms with van der Waals surface area (Å²) in [7, 11) is 1.61. The lowest BCUT2D eigenvalue weighted by atomic mass is 10.0. The molecule has 0 aliphatic heterocycles. The van der Waals surface area contributed by atoms with Crippen LogP contribution in [0.15, 0.2) is 60.8 Å². The van der Waals surface area contributed by atoms with Crippen LogP contribution in [0.3, 0.4) is 0 Å². The third-order valence-electron chi connectivity index (χ3n) is 4.80. The summed E-state index contributed by atoms with van der Waals surface area (Å²) in [5.74, 6) is 0.576. The summed E-state index contributed by atoms with van der Waals surface area (Å²) in [5, 5.41) is 8.43. The zero-order valence-electron chi connectivity index (χ0n) is 16.6. The van der Waals surface area contributed by atoms with E-state index in [0.29, 0.717) is 11.3 Å². The van der Waals surface area contributed by atoms with Crippen LogP contribution < -0.4 is 10.1 Å². The molecule has 2 aromatic heterocycles. The number of fused-ring (bicyclic) bond motifs is 1. The Balaban J connectivity index is 1.63. The number of aryl methyl sites for hydroxylation is 2. The van der Waals surface area contributed by atoms with Gasteiger partial charge in [-0.25, -0.2) is 9.67 Å². The molecule has 2 heterocycles. The van der Waals surface area contributed by atoms with E-state index in [1.54, 1.807) is 42.3 Å². The Morgan fingerprint density at radius 3 is 2.62 bits per heavy atom. The molecular weight excluding hydrogens is 364 g/mol. The molecule has 0 spiro atoms. The maximum absolute atomic E-state index is 12.6. The molecular formula is C23H22N4O2. The maximum Gasteiger partial charge on any atom is 0.246 e. The third-order valence-corrected chi connectivity index (χ3v) is 4.80. The Labute approximate surface area is 169 Å². The van der Waals surface area contributed by atoms with Crippen LogP contribution in [-0.2, 0) is 11.3 Å². The molecule has 6 heteroatoms. The fraction of sp³-hybridized carbons (Fsp3) is 0.174. The van der Waals surface area contributed by atoms with Gasteiger partial charge in [-0.2, -0.15) is 5.10 Å². The molecule has 0 saturated heterocycles. The molecule has 29 heavy (non-hydrogen) atoms. The molecule has 1 amide bonds. The molecule has 146 valence electrons. The van der Waals surface area contributed by atoms with E-state index in [4.69, 9.17) is 4.74 Å². The van der Waals surface area contributed by atoms with Gasteiger partial charge in [0.1, 0.15) is 12.3 Å². The van der Waals surface area contributed by atoms with E-state index in [0.717, 1.165) is 28.0 Å². The van der Waals surface area contributed by atoms with Crippen molar-refractivity contribution in [2.75, 3.05) is 12.4 Å². The monoisotopic (exact) mass is 386 g/mol. The van der Waals surface area contributed by atoms with E-state index >= 15 is 0 Å². The van der Waals surface area contributed by atoms with E-state index in [2.05, 4.69) is 40.5 Å². The lowest BCUT2D eigenvalue weighted by Gasteiger charge is -2.08. The largest absolute Gasteiger partial charge is 0.497 e. The van der Waals surface area contributed by atoms with Crippen LogP contribution in [0.5, 0.6) is 5.75 Å².